The van der Waals surface area contributed by atoms with Crippen molar-refractivity contribution in [2.75, 3.05) is 19.6 Å². The van der Waals surface area contributed by atoms with Crippen molar-refractivity contribution in [2.45, 2.75) is 31.9 Å². The number of benzene rings is 3. The van der Waals surface area contributed by atoms with Gasteiger partial charge in [0.25, 0.3) is 0 Å². The smallest absolute Gasteiger partial charge is 0.405 e. The summed E-state index contributed by atoms with van der Waals surface area (Å²) in [5.41, 5.74) is 2.76. The summed E-state index contributed by atoms with van der Waals surface area (Å²) >= 11 is 3.41. The molecule has 2 bridgehead atoms. The van der Waals surface area contributed by atoms with Gasteiger partial charge in [-0.15, -0.1) is 0 Å². The SMILES string of the molecule is C1CN2CCC1CC2.O=C(O)NC(c1ccccc1)c1cccc(OCc2ccc(Br)cc2)c1. The minimum atomic E-state index is -1.07. The molecule has 3 saturated heterocycles. The molecule has 1 unspecified atom stereocenters. The van der Waals surface area contributed by atoms with Crippen molar-refractivity contribution in [1.82, 2.24) is 10.2 Å². The van der Waals surface area contributed by atoms with Crippen LogP contribution in [-0.4, -0.2) is 35.7 Å². The van der Waals surface area contributed by atoms with E-state index in [1.54, 1.807) is 0 Å². The van der Waals surface area contributed by atoms with E-state index in [1.165, 1.54) is 38.9 Å². The average molecular weight is 523 g/mol. The second kappa shape index (κ2) is 12.0. The molecule has 6 heteroatoms. The van der Waals surface area contributed by atoms with E-state index in [2.05, 4.69) is 26.1 Å². The van der Waals surface area contributed by atoms with Crippen molar-refractivity contribution in [3.8, 4) is 5.75 Å². The van der Waals surface area contributed by atoms with Gasteiger partial charge in [0, 0.05) is 4.47 Å². The van der Waals surface area contributed by atoms with Gasteiger partial charge in [0.15, 0.2) is 0 Å². The van der Waals surface area contributed by atoms with Gasteiger partial charge in [-0.25, -0.2) is 4.79 Å². The minimum absolute atomic E-state index is 0.444. The molecular formula is C28H31BrN2O3. The van der Waals surface area contributed by atoms with E-state index in [0.29, 0.717) is 12.4 Å². The number of carboxylic acid groups (broad SMARTS) is 1. The largest absolute Gasteiger partial charge is 0.489 e. The van der Waals surface area contributed by atoms with Crippen LogP contribution in [0.3, 0.4) is 0 Å². The molecule has 0 saturated carbocycles. The number of hydrogen-bond donors (Lipinski definition) is 2. The van der Waals surface area contributed by atoms with E-state index < -0.39 is 12.1 Å². The lowest BCUT2D eigenvalue weighted by atomic mass is 9.89. The number of ether oxygens (including phenoxy) is 1. The molecule has 3 heterocycles. The Bertz CT molecular complexity index is 1030. The molecule has 1 atom stereocenters. The molecule has 1 amide bonds. The molecule has 2 N–H and O–H groups in total. The normalized spacial score (nSPS) is 19.4. The van der Waals surface area contributed by atoms with Crippen molar-refractivity contribution in [3.63, 3.8) is 0 Å². The molecule has 178 valence electrons. The van der Waals surface area contributed by atoms with E-state index in [4.69, 9.17) is 4.74 Å². The fourth-order valence-corrected chi connectivity index (χ4v) is 4.79. The summed E-state index contributed by atoms with van der Waals surface area (Å²) < 4.78 is 6.90. The molecule has 6 rings (SSSR count). The number of fused-ring (bicyclic) bond motifs is 3. The Balaban J connectivity index is 0.000000285. The number of piperidine rings is 3. The van der Waals surface area contributed by atoms with Gasteiger partial charge in [0.2, 0.25) is 0 Å². The molecule has 3 aliphatic rings. The standard InChI is InChI=1S/C21H18BrNO3.C7H13N/c22-18-11-9-15(10-12-18)14-26-19-8-4-7-17(13-19)20(23-21(24)25)16-5-2-1-3-6-16;1-4-8-5-2-7(1)3-6-8/h1-13,20,23H,14H2,(H,24,25);7H,1-6H2. The Morgan fingerprint density at radius 1 is 0.941 bits per heavy atom. The summed E-state index contributed by atoms with van der Waals surface area (Å²) in [5, 5.41) is 11.8. The summed E-state index contributed by atoms with van der Waals surface area (Å²) in [5.74, 6) is 1.80. The number of halogens is 1. The van der Waals surface area contributed by atoms with Crippen LogP contribution in [0.5, 0.6) is 5.75 Å². The van der Waals surface area contributed by atoms with Gasteiger partial charge < -0.3 is 20.1 Å². The number of carbonyl (C=O) groups is 1. The Morgan fingerprint density at radius 2 is 1.59 bits per heavy atom. The molecule has 3 aromatic rings. The van der Waals surface area contributed by atoms with Crippen LogP contribution >= 0.6 is 15.9 Å². The summed E-state index contributed by atoms with van der Waals surface area (Å²) in [4.78, 5) is 13.8. The third-order valence-corrected chi connectivity index (χ3v) is 7.00. The predicted octanol–water partition coefficient (Wildman–Crippen LogP) is 6.49. The zero-order valence-electron chi connectivity index (χ0n) is 19.2. The second-order valence-electron chi connectivity index (χ2n) is 8.85. The average Bonchev–Trinajstić information content (AvgIpc) is 2.89. The maximum Gasteiger partial charge on any atom is 0.405 e. The Labute approximate surface area is 209 Å². The molecule has 0 radical (unpaired) electrons. The quantitative estimate of drug-likeness (QED) is 0.388. The Hall–Kier alpha value is -2.83. The molecule has 5 nitrogen and oxygen atoms in total. The van der Waals surface area contributed by atoms with Crippen molar-refractivity contribution in [1.29, 1.82) is 0 Å². The van der Waals surface area contributed by atoms with E-state index in [-0.39, 0.29) is 0 Å². The van der Waals surface area contributed by atoms with Crippen LogP contribution in [0.25, 0.3) is 0 Å². The fraction of sp³-hybridized carbons (Fsp3) is 0.321. The van der Waals surface area contributed by atoms with Gasteiger partial charge in [-0.2, -0.15) is 0 Å². The summed E-state index contributed by atoms with van der Waals surface area (Å²) in [6.45, 7) is 4.62. The van der Waals surface area contributed by atoms with Gasteiger partial charge in [0.05, 0.1) is 6.04 Å². The zero-order chi connectivity index (χ0) is 23.8. The van der Waals surface area contributed by atoms with Crippen LogP contribution < -0.4 is 10.1 Å². The highest BCUT2D eigenvalue weighted by Crippen LogP contribution is 2.27. The molecule has 3 aromatic carbocycles. The molecule has 3 aliphatic heterocycles. The van der Waals surface area contributed by atoms with Crippen LogP contribution in [0.2, 0.25) is 0 Å². The first-order chi connectivity index (χ1) is 16.6. The van der Waals surface area contributed by atoms with Crippen molar-refractivity contribution in [2.24, 2.45) is 5.92 Å². The number of hydrogen-bond acceptors (Lipinski definition) is 3. The lowest BCUT2D eigenvalue weighted by Crippen LogP contribution is -2.41. The Morgan fingerprint density at radius 3 is 2.15 bits per heavy atom. The maximum absolute atomic E-state index is 11.2. The van der Waals surface area contributed by atoms with Gasteiger partial charge >= 0.3 is 6.09 Å². The predicted molar refractivity (Wildman–Crippen MR) is 138 cm³/mol. The second-order valence-corrected chi connectivity index (χ2v) is 9.77. The number of nitrogens with zero attached hydrogens (tertiary/aromatic N) is 1. The molecule has 3 fully saturated rings. The first-order valence-electron chi connectivity index (χ1n) is 11.8. The maximum atomic E-state index is 11.2. The summed E-state index contributed by atoms with van der Waals surface area (Å²) in [6.07, 6.45) is 3.39. The van der Waals surface area contributed by atoms with Crippen molar-refractivity contribution >= 4 is 22.0 Å². The summed E-state index contributed by atoms with van der Waals surface area (Å²) in [6, 6.07) is 24.4. The van der Waals surface area contributed by atoms with Crippen molar-refractivity contribution < 1.29 is 14.6 Å². The van der Waals surface area contributed by atoms with Crippen LogP contribution in [-0.2, 0) is 6.61 Å². The molecule has 0 spiro atoms. The first kappa shape index (κ1) is 24.3. The lowest BCUT2D eigenvalue weighted by molar-refractivity contribution is 0.111. The van der Waals surface area contributed by atoms with E-state index in [9.17, 15) is 9.90 Å². The van der Waals surface area contributed by atoms with Crippen molar-refractivity contribution in [3.05, 3.63) is 100 Å². The lowest BCUT2D eigenvalue weighted by Gasteiger charge is -2.38. The third kappa shape index (κ3) is 7.08. The van der Waals surface area contributed by atoms with Gasteiger partial charge in [-0.1, -0.05) is 70.5 Å². The molecule has 0 aliphatic carbocycles. The Kier molecular flexibility index (Phi) is 8.61. The van der Waals surface area contributed by atoms with Gasteiger partial charge in [-0.3, -0.25) is 0 Å². The topological polar surface area (TPSA) is 61.8 Å². The highest BCUT2D eigenvalue weighted by Gasteiger charge is 2.24. The van der Waals surface area contributed by atoms with Crippen LogP contribution in [0.15, 0.2) is 83.3 Å². The van der Waals surface area contributed by atoms with E-state index in [1.807, 2.05) is 78.9 Å². The van der Waals surface area contributed by atoms with Crippen LogP contribution in [0.4, 0.5) is 4.79 Å². The third-order valence-electron chi connectivity index (χ3n) is 6.47. The van der Waals surface area contributed by atoms with E-state index in [0.717, 1.165) is 27.1 Å². The zero-order valence-corrected chi connectivity index (χ0v) is 20.8. The minimum Gasteiger partial charge on any atom is -0.489 e. The van der Waals surface area contributed by atoms with Gasteiger partial charge in [-0.05, 0) is 85.8 Å². The molecule has 0 aromatic heterocycles. The van der Waals surface area contributed by atoms with Crippen LogP contribution in [0.1, 0.15) is 42.0 Å². The molecule has 34 heavy (non-hydrogen) atoms. The van der Waals surface area contributed by atoms with Gasteiger partial charge in [0.1, 0.15) is 12.4 Å². The number of rotatable bonds is 6. The first-order valence-corrected chi connectivity index (χ1v) is 12.6. The van der Waals surface area contributed by atoms with E-state index >= 15 is 0 Å². The highest BCUT2D eigenvalue weighted by molar-refractivity contribution is 9.10. The monoisotopic (exact) mass is 522 g/mol. The van der Waals surface area contributed by atoms with Crippen LogP contribution in [0, 0.1) is 5.92 Å². The number of amides is 1. The molecular weight excluding hydrogens is 492 g/mol. The summed E-state index contributed by atoms with van der Waals surface area (Å²) in [7, 11) is 0. The highest BCUT2D eigenvalue weighted by atomic mass is 79.9. The fourth-order valence-electron chi connectivity index (χ4n) is 4.52. The number of nitrogens with one attached hydrogen (secondary N) is 1.